The van der Waals surface area contributed by atoms with Gasteiger partial charge in [0.2, 0.25) is 12.7 Å². The maximum absolute atomic E-state index is 13.4. The molecule has 0 unspecified atom stereocenters. The Hall–Kier alpha value is -4.11. The van der Waals surface area contributed by atoms with Gasteiger partial charge in [-0.1, -0.05) is 17.7 Å². The van der Waals surface area contributed by atoms with E-state index in [1.165, 1.54) is 29.2 Å². The molecular formula is C25H19ClFN3O5. The highest BCUT2D eigenvalue weighted by molar-refractivity contribution is 6.30. The predicted molar refractivity (Wildman–Crippen MR) is 126 cm³/mol. The quantitative estimate of drug-likeness (QED) is 0.506. The van der Waals surface area contributed by atoms with Gasteiger partial charge < -0.3 is 19.7 Å². The lowest BCUT2D eigenvalue weighted by Crippen LogP contribution is -2.37. The van der Waals surface area contributed by atoms with Crippen molar-refractivity contribution in [2.24, 2.45) is 0 Å². The number of carbonyl (C=O) groups is 3. The first kappa shape index (κ1) is 22.7. The van der Waals surface area contributed by atoms with Gasteiger partial charge in [0.15, 0.2) is 11.5 Å². The predicted octanol–water partition coefficient (Wildman–Crippen LogP) is 4.57. The number of fused-ring (bicyclic) bond motifs is 1. The molecule has 1 N–H and O–H groups in total. The number of halogens is 2. The first-order valence-electron chi connectivity index (χ1n) is 10.7. The van der Waals surface area contributed by atoms with E-state index in [1.807, 2.05) is 0 Å². The Morgan fingerprint density at radius 1 is 1.00 bits per heavy atom. The number of nitrogens with zero attached hydrogens (tertiary/aromatic N) is 2. The summed E-state index contributed by atoms with van der Waals surface area (Å²) in [7, 11) is 0. The molecule has 1 atom stereocenters. The molecule has 0 spiro atoms. The first-order valence-corrected chi connectivity index (χ1v) is 11.1. The van der Waals surface area contributed by atoms with Crippen LogP contribution in [0.25, 0.3) is 0 Å². The lowest BCUT2D eigenvalue weighted by molar-refractivity contribution is -0.124. The van der Waals surface area contributed by atoms with Crippen LogP contribution in [0.5, 0.6) is 11.5 Å². The molecule has 0 bridgehead atoms. The van der Waals surface area contributed by atoms with E-state index < -0.39 is 29.7 Å². The number of imide groups is 1. The van der Waals surface area contributed by atoms with E-state index in [9.17, 15) is 18.8 Å². The van der Waals surface area contributed by atoms with E-state index >= 15 is 0 Å². The summed E-state index contributed by atoms with van der Waals surface area (Å²) >= 11 is 5.89. The topological polar surface area (TPSA) is 88.2 Å². The maximum atomic E-state index is 13.4. The third-order valence-corrected chi connectivity index (χ3v) is 5.95. The average Bonchev–Trinajstić information content (AvgIpc) is 3.39. The zero-order valence-electron chi connectivity index (χ0n) is 18.2. The number of anilines is 2. The highest BCUT2D eigenvalue weighted by Gasteiger charge is 2.46. The second kappa shape index (κ2) is 9.27. The maximum Gasteiger partial charge on any atom is 0.332 e. The SMILES string of the molecule is O=C(C[C@H]1C(=O)N(c2ccc(F)cc2)C(=O)N1Cc1ccc2c(c1)OCO2)Nc1ccc(Cl)cc1. The lowest BCUT2D eigenvalue weighted by atomic mass is 10.1. The minimum Gasteiger partial charge on any atom is -0.454 e. The number of urea groups is 1. The van der Waals surface area contributed by atoms with Crippen molar-refractivity contribution in [2.45, 2.75) is 19.0 Å². The van der Waals surface area contributed by atoms with Crippen LogP contribution in [0.1, 0.15) is 12.0 Å². The lowest BCUT2D eigenvalue weighted by Gasteiger charge is -2.22. The molecule has 4 amide bonds. The zero-order valence-corrected chi connectivity index (χ0v) is 19.0. The fourth-order valence-electron chi connectivity index (χ4n) is 4.00. The standard InChI is InChI=1S/C25H19ClFN3O5/c26-16-2-6-18(7-3-16)28-23(31)12-20-24(32)30(19-8-4-17(27)5-9-19)25(33)29(20)13-15-1-10-21-22(11-15)35-14-34-21/h1-11,20H,12-14H2,(H,28,31)/t20-/m0/s1. The van der Waals surface area contributed by atoms with E-state index in [-0.39, 0.29) is 25.4 Å². The molecular weight excluding hydrogens is 477 g/mol. The second-order valence-corrected chi connectivity index (χ2v) is 8.46. The molecule has 2 heterocycles. The van der Waals surface area contributed by atoms with E-state index in [0.717, 1.165) is 4.90 Å². The fraction of sp³-hybridized carbons (Fsp3) is 0.160. The second-order valence-electron chi connectivity index (χ2n) is 8.02. The van der Waals surface area contributed by atoms with Crippen LogP contribution in [-0.4, -0.2) is 35.6 Å². The molecule has 5 rings (SSSR count). The van der Waals surface area contributed by atoms with Crippen molar-refractivity contribution in [1.82, 2.24) is 4.90 Å². The van der Waals surface area contributed by atoms with E-state index in [2.05, 4.69) is 5.32 Å². The summed E-state index contributed by atoms with van der Waals surface area (Å²) in [5.41, 5.74) is 1.42. The zero-order chi connectivity index (χ0) is 24.5. The van der Waals surface area contributed by atoms with Crippen LogP contribution in [0.4, 0.5) is 20.6 Å². The summed E-state index contributed by atoms with van der Waals surface area (Å²) in [5, 5.41) is 3.24. The van der Waals surface area contributed by atoms with Crippen molar-refractivity contribution < 1.29 is 28.2 Å². The van der Waals surface area contributed by atoms with Crippen LogP contribution >= 0.6 is 11.6 Å². The Morgan fingerprint density at radius 3 is 2.46 bits per heavy atom. The van der Waals surface area contributed by atoms with Crippen molar-refractivity contribution in [3.05, 3.63) is 83.1 Å². The summed E-state index contributed by atoms with van der Waals surface area (Å²) in [5.74, 6) is -0.398. The number of amides is 4. The van der Waals surface area contributed by atoms with E-state index in [0.29, 0.717) is 27.8 Å². The van der Waals surface area contributed by atoms with Crippen molar-refractivity contribution in [3.63, 3.8) is 0 Å². The van der Waals surface area contributed by atoms with Gasteiger partial charge in [0.25, 0.3) is 5.91 Å². The molecule has 1 saturated heterocycles. The molecule has 35 heavy (non-hydrogen) atoms. The van der Waals surface area contributed by atoms with Crippen LogP contribution in [0, 0.1) is 5.82 Å². The van der Waals surface area contributed by atoms with Gasteiger partial charge in [-0.25, -0.2) is 14.1 Å². The van der Waals surface area contributed by atoms with Gasteiger partial charge in [-0.2, -0.15) is 0 Å². The van der Waals surface area contributed by atoms with Crippen LogP contribution in [0.2, 0.25) is 5.02 Å². The van der Waals surface area contributed by atoms with E-state index in [1.54, 1.807) is 42.5 Å². The summed E-state index contributed by atoms with van der Waals surface area (Å²) in [6, 6.07) is 15.1. The monoisotopic (exact) mass is 495 g/mol. The Labute approximate surface area is 204 Å². The van der Waals surface area contributed by atoms with Gasteiger partial charge in [0.1, 0.15) is 11.9 Å². The number of hydrogen-bond acceptors (Lipinski definition) is 5. The molecule has 3 aromatic rings. The third-order valence-electron chi connectivity index (χ3n) is 5.70. The highest BCUT2D eigenvalue weighted by atomic mass is 35.5. The summed E-state index contributed by atoms with van der Waals surface area (Å²) in [6.45, 7) is 0.156. The molecule has 2 aliphatic rings. The molecule has 10 heteroatoms. The number of carbonyl (C=O) groups excluding carboxylic acids is 3. The third kappa shape index (κ3) is 4.63. The van der Waals surface area contributed by atoms with Gasteiger partial charge in [0.05, 0.1) is 12.1 Å². The van der Waals surface area contributed by atoms with Crippen molar-refractivity contribution in [1.29, 1.82) is 0 Å². The number of hydrogen-bond donors (Lipinski definition) is 1. The number of benzene rings is 3. The van der Waals surface area contributed by atoms with Crippen molar-refractivity contribution >= 4 is 40.8 Å². The Balaban J connectivity index is 1.41. The first-order chi connectivity index (χ1) is 16.9. The van der Waals surface area contributed by atoms with Gasteiger partial charge in [-0.3, -0.25) is 9.59 Å². The largest absolute Gasteiger partial charge is 0.454 e. The number of nitrogens with one attached hydrogen (secondary N) is 1. The molecule has 178 valence electrons. The molecule has 3 aromatic carbocycles. The minimum atomic E-state index is -1.06. The van der Waals surface area contributed by atoms with Crippen molar-refractivity contribution in [2.75, 3.05) is 17.0 Å². The Kier molecular flexibility index (Phi) is 6.00. The van der Waals surface area contributed by atoms with Gasteiger partial charge in [-0.15, -0.1) is 0 Å². The summed E-state index contributed by atoms with van der Waals surface area (Å²) < 4.78 is 24.2. The highest BCUT2D eigenvalue weighted by Crippen LogP contribution is 2.34. The van der Waals surface area contributed by atoms with Crippen LogP contribution in [0.15, 0.2) is 66.7 Å². The number of ether oxygens (including phenoxy) is 2. The van der Waals surface area contributed by atoms with E-state index in [4.69, 9.17) is 21.1 Å². The normalized spacial score (nSPS) is 16.7. The minimum absolute atomic E-state index is 0.0534. The van der Waals surface area contributed by atoms with Crippen molar-refractivity contribution in [3.8, 4) is 11.5 Å². The molecule has 0 saturated carbocycles. The molecule has 0 aliphatic carbocycles. The Bertz CT molecular complexity index is 1300. The molecule has 2 aliphatic heterocycles. The van der Waals surface area contributed by atoms with Gasteiger partial charge in [-0.05, 0) is 66.2 Å². The molecule has 0 aromatic heterocycles. The van der Waals surface area contributed by atoms with Gasteiger partial charge >= 0.3 is 6.03 Å². The molecule has 1 fully saturated rings. The van der Waals surface area contributed by atoms with Crippen LogP contribution in [-0.2, 0) is 16.1 Å². The summed E-state index contributed by atoms with van der Waals surface area (Å²) in [4.78, 5) is 41.8. The molecule has 8 nitrogen and oxygen atoms in total. The average molecular weight is 496 g/mol. The molecule has 0 radical (unpaired) electrons. The smallest absolute Gasteiger partial charge is 0.332 e. The van der Waals surface area contributed by atoms with Crippen LogP contribution < -0.4 is 19.7 Å². The Morgan fingerprint density at radius 2 is 1.71 bits per heavy atom. The van der Waals surface area contributed by atoms with Crippen LogP contribution in [0.3, 0.4) is 0 Å². The van der Waals surface area contributed by atoms with Gasteiger partial charge in [0, 0.05) is 17.3 Å². The fourth-order valence-corrected chi connectivity index (χ4v) is 4.12. The number of rotatable bonds is 6. The summed E-state index contributed by atoms with van der Waals surface area (Å²) in [6.07, 6.45) is -0.268.